The summed E-state index contributed by atoms with van der Waals surface area (Å²) in [5.74, 6) is 2.17. The van der Waals surface area contributed by atoms with E-state index in [1.54, 1.807) is 0 Å². The van der Waals surface area contributed by atoms with Gasteiger partial charge in [-0.1, -0.05) is 67.0 Å². The maximum Gasteiger partial charge on any atom is -0.00948 e. The first-order valence-corrected chi connectivity index (χ1v) is 8.97. The monoisotopic (exact) mass is 292 g/mol. The van der Waals surface area contributed by atoms with E-state index < -0.39 is 0 Å². The number of hydrogen-bond donors (Lipinski definition) is 0. The molecule has 0 aromatic rings. The first-order valence-electron chi connectivity index (χ1n) is 8.97. The van der Waals surface area contributed by atoms with E-state index in [1.807, 2.05) is 0 Å². The van der Waals surface area contributed by atoms with Gasteiger partial charge in [0.15, 0.2) is 0 Å². The van der Waals surface area contributed by atoms with Crippen molar-refractivity contribution in [3.8, 4) is 0 Å². The highest BCUT2D eigenvalue weighted by atomic mass is 14.4. The molecule has 0 heterocycles. The molecule has 0 bridgehead atoms. The molecule has 0 amide bonds. The summed E-state index contributed by atoms with van der Waals surface area (Å²) in [5, 5.41) is 0. The number of hydrogen-bond acceptors (Lipinski definition) is 0. The zero-order valence-corrected chi connectivity index (χ0v) is 15.8. The molecule has 0 rings (SSSR count). The Morgan fingerprint density at radius 1 is 1.00 bits per heavy atom. The molecule has 0 radical (unpaired) electrons. The summed E-state index contributed by atoms with van der Waals surface area (Å²) in [6.07, 6.45) is 10.3. The van der Waals surface area contributed by atoms with Crippen LogP contribution >= 0.6 is 0 Å². The Labute approximate surface area is 135 Å². The van der Waals surface area contributed by atoms with Gasteiger partial charge in [-0.25, -0.2) is 0 Å². The fraction of sp³-hybridized carbons (Fsp3) is 0.810. The molecule has 0 saturated heterocycles. The molecule has 4 atom stereocenters. The van der Waals surface area contributed by atoms with E-state index in [2.05, 4.69) is 73.8 Å². The van der Waals surface area contributed by atoms with Crippen molar-refractivity contribution >= 4 is 0 Å². The van der Waals surface area contributed by atoms with Crippen molar-refractivity contribution < 1.29 is 0 Å². The van der Waals surface area contributed by atoms with Gasteiger partial charge in [0.1, 0.15) is 0 Å². The van der Waals surface area contributed by atoms with E-state index in [4.69, 9.17) is 0 Å². The molecule has 0 heteroatoms. The lowest BCUT2D eigenvalue weighted by Gasteiger charge is -2.45. The molecule has 0 aliphatic heterocycles. The molecule has 21 heavy (non-hydrogen) atoms. The Kier molecular flexibility index (Phi) is 8.59. The third kappa shape index (κ3) is 5.01. The second-order valence-electron chi connectivity index (χ2n) is 7.76. The lowest BCUT2D eigenvalue weighted by atomic mass is 9.60. The molecule has 4 unspecified atom stereocenters. The molecule has 0 N–H and O–H groups in total. The molecule has 0 spiro atoms. The predicted octanol–water partition coefficient (Wildman–Crippen LogP) is 7.27. The summed E-state index contributed by atoms with van der Waals surface area (Å²) in [5.41, 5.74) is 0.687. The fourth-order valence-electron chi connectivity index (χ4n) is 3.95. The summed E-state index contributed by atoms with van der Waals surface area (Å²) in [6, 6.07) is 0. The highest BCUT2D eigenvalue weighted by Crippen LogP contribution is 2.48. The topological polar surface area (TPSA) is 0 Å². The van der Waals surface area contributed by atoms with E-state index in [-0.39, 0.29) is 5.41 Å². The van der Waals surface area contributed by atoms with Gasteiger partial charge in [-0.3, -0.25) is 0 Å². The van der Waals surface area contributed by atoms with Crippen molar-refractivity contribution in [2.45, 2.75) is 80.6 Å². The van der Waals surface area contributed by atoms with Gasteiger partial charge in [0.25, 0.3) is 0 Å². The third-order valence-electron chi connectivity index (χ3n) is 6.54. The van der Waals surface area contributed by atoms with Crippen LogP contribution in [0.25, 0.3) is 0 Å². The molecule has 0 aromatic carbocycles. The highest BCUT2D eigenvalue weighted by molar-refractivity contribution is 5.00. The average molecular weight is 293 g/mol. The van der Waals surface area contributed by atoms with Gasteiger partial charge in [0.05, 0.1) is 0 Å². The third-order valence-corrected chi connectivity index (χ3v) is 6.54. The predicted molar refractivity (Wildman–Crippen MR) is 98.5 cm³/mol. The van der Waals surface area contributed by atoms with E-state index >= 15 is 0 Å². The minimum absolute atomic E-state index is 0.265. The number of allylic oxidation sites excluding steroid dienone is 2. The molecular formula is C21H40. The summed E-state index contributed by atoms with van der Waals surface area (Å²) >= 11 is 0. The first kappa shape index (κ1) is 20.5. The van der Waals surface area contributed by atoms with Gasteiger partial charge in [0, 0.05) is 0 Å². The van der Waals surface area contributed by atoms with Crippen LogP contribution in [0.3, 0.4) is 0 Å². The largest absolute Gasteiger partial charge is 0.103 e. The standard InChI is InChI=1S/C21H40/c1-10-14-15-21(12-3,13-4)18(7)16-20(9,11-2)19(8)17(5)6/h10,12,17-19H,1,3,11,13-16H2,2,4-9H3. The van der Waals surface area contributed by atoms with Crippen molar-refractivity contribution in [1.82, 2.24) is 0 Å². The summed E-state index contributed by atoms with van der Waals surface area (Å²) in [4.78, 5) is 0. The van der Waals surface area contributed by atoms with Crippen LogP contribution in [0.5, 0.6) is 0 Å². The lowest BCUT2D eigenvalue weighted by Crippen LogP contribution is -2.35. The molecular weight excluding hydrogens is 252 g/mol. The van der Waals surface area contributed by atoms with Crippen LogP contribution < -0.4 is 0 Å². The van der Waals surface area contributed by atoms with Crippen molar-refractivity contribution in [2.75, 3.05) is 0 Å². The van der Waals surface area contributed by atoms with Crippen LogP contribution in [0.4, 0.5) is 0 Å². The minimum atomic E-state index is 0.265. The summed E-state index contributed by atoms with van der Waals surface area (Å²) < 4.78 is 0. The van der Waals surface area contributed by atoms with Crippen molar-refractivity contribution in [3.63, 3.8) is 0 Å². The van der Waals surface area contributed by atoms with Crippen LogP contribution in [-0.2, 0) is 0 Å². The Balaban J connectivity index is 5.22. The Bertz CT molecular complexity index is 314. The molecule has 0 fully saturated rings. The van der Waals surface area contributed by atoms with Gasteiger partial charge in [-0.15, -0.1) is 13.2 Å². The van der Waals surface area contributed by atoms with Gasteiger partial charge >= 0.3 is 0 Å². The number of rotatable bonds is 11. The van der Waals surface area contributed by atoms with Crippen molar-refractivity contribution in [3.05, 3.63) is 25.3 Å². The molecule has 0 nitrogen and oxygen atoms in total. The summed E-state index contributed by atoms with van der Waals surface area (Å²) in [6.45, 7) is 24.8. The molecule has 0 saturated carbocycles. The molecule has 124 valence electrons. The van der Waals surface area contributed by atoms with Crippen LogP contribution in [0, 0.1) is 28.6 Å². The smallest absolute Gasteiger partial charge is 0.00948 e. The van der Waals surface area contributed by atoms with Gasteiger partial charge < -0.3 is 0 Å². The maximum absolute atomic E-state index is 4.18. The zero-order chi connectivity index (χ0) is 16.7. The average Bonchev–Trinajstić information content (AvgIpc) is 2.47. The highest BCUT2D eigenvalue weighted by Gasteiger charge is 2.38. The first-order chi connectivity index (χ1) is 9.72. The van der Waals surface area contributed by atoms with Crippen LogP contribution in [0.1, 0.15) is 80.6 Å². The van der Waals surface area contributed by atoms with Gasteiger partial charge in [-0.05, 0) is 54.3 Å². The SMILES string of the molecule is C=CCCC(C=C)(CC)C(C)CC(C)(CC)C(C)C(C)C. The molecule has 0 aliphatic carbocycles. The van der Waals surface area contributed by atoms with Crippen molar-refractivity contribution in [2.24, 2.45) is 28.6 Å². The Morgan fingerprint density at radius 2 is 1.57 bits per heavy atom. The second kappa shape index (κ2) is 8.81. The van der Waals surface area contributed by atoms with Gasteiger partial charge in [0.2, 0.25) is 0 Å². The van der Waals surface area contributed by atoms with E-state index in [9.17, 15) is 0 Å². The molecule has 0 aliphatic rings. The molecule has 0 aromatic heterocycles. The van der Waals surface area contributed by atoms with Crippen LogP contribution in [-0.4, -0.2) is 0 Å². The Morgan fingerprint density at radius 3 is 1.90 bits per heavy atom. The lowest BCUT2D eigenvalue weighted by molar-refractivity contribution is 0.0702. The fourth-order valence-corrected chi connectivity index (χ4v) is 3.95. The van der Waals surface area contributed by atoms with E-state index in [1.165, 1.54) is 25.7 Å². The minimum Gasteiger partial charge on any atom is -0.103 e. The zero-order valence-electron chi connectivity index (χ0n) is 15.8. The van der Waals surface area contributed by atoms with Crippen LogP contribution in [0.2, 0.25) is 0 Å². The van der Waals surface area contributed by atoms with Crippen molar-refractivity contribution in [1.29, 1.82) is 0 Å². The summed E-state index contributed by atoms with van der Waals surface area (Å²) in [7, 11) is 0. The van der Waals surface area contributed by atoms with Gasteiger partial charge in [-0.2, -0.15) is 0 Å². The Hall–Kier alpha value is -0.520. The van der Waals surface area contributed by atoms with E-state index in [0.717, 1.165) is 18.3 Å². The van der Waals surface area contributed by atoms with Crippen LogP contribution in [0.15, 0.2) is 25.3 Å². The quantitative estimate of drug-likeness (QED) is 0.351. The second-order valence-corrected chi connectivity index (χ2v) is 7.76. The van der Waals surface area contributed by atoms with E-state index in [0.29, 0.717) is 11.3 Å². The maximum atomic E-state index is 4.18. The normalized spacial score (nSPS) is 20.4.